The second-order valence-corrected chi connectivity index (χ2v) is 9.51. The number of anilines is 1. The zero-order valence-corrected chi connectivity index (χ0v) is 19.5. The van der Waals surface area contributed by atoms with Crippen LogP contribution in [0.25, 0.3) is 0 Å². The number of amides is 1. The van der Waals surface area contributed by atoms with Crippen LogP contribution in [0.2, 0.25) is 0 Å². The summed E-state index contributed by atoms with van der Waals surface area (Å²) >= 11 is 0. The van der Waals surface area contributed by atoms with Crippen LogP contribution < -0.4 is 14.4 Å². The summed E-state index contributed by atoms with van der Waals surface area (Å²) in [5, 5.41) is 2.90. The molecule has 1 atom stereocenters. The number of aryl methyl sites for hydroxylation is 2. The van der Waals surface area contributed by atoms with Crippen LogP contribution >= 0.6 is 0 Å². The molecule has 0 aliphatic heterocycles. The van der Waals surface area contributed by atoms with E-state index in [9.17, 15) is 13.2 Å². The smallest absolute Gasteiger partial charge is 0.264 e. The second kappa shape index (κ2) is 9.87. The molecular weight excluding hydrogens is 424 g/mol. The lowest BCUT2D eigenvalue weighted by Gasteiger charge is -2.27. The van der Waals surface area contributed by atoms with Crippen molar-refractivity contribution in [3.63, 3.8) is 0 Å². The Labute approximate surface area is 189 Å². The maximum absolute atomic E-state index is 13.5. The molecule has 168 valence electrons. The Morgan fingerprint density at radius 2 is 1.66 bits per heavy atom. The van der Waals surface area contributed by atoms with Crippen molar-refractivity contribution < 1.29 is 17.9 Å². The average molecular weight is 453 g/mol. The van der Waals surface area contributed by atoms with Crippen molar-refractivity contribution >= 4 is 21.6 Å². The summed E-state index contributed by atoms with van der Waals surface area (Å²) in [5.41, 5.74) is 3.07. The lowest BCUT2D eigenvalue weighted by molar-refractivity contribution is -0.120. The zero-order chi connectivity index (χ0) is 23.3. The van der Waals surface area contributed by atoms with Gasteiger partial charge in [0.2, 0.25) is 5.91 Å². The molecule has 0 aliphatic rings. The first-order chi connectivity index (χ1) is 15.2. The molecule has 3 aromatic carbocycles. The van der Waals surface area contributed by atoms with E-state index in [1.165, 1.54) is 16.4 Å². The molecule has 6 nitrogen and oxygen atoms in total. The molecule has 0 bridgehead atoms. The van der Waals surface area contributed by atoms with Gasteiger partial charge in [0.05, 0.1) is 23.7 Å². The van der Waals surface area contributed by atoms with Crippen LogP contribution in [0.1, 0.15) is 29.7 Å². The molecule has 7 heteroatoms. The molecule has 3 aromatic rings. The summed E-state index contributed by atoms with van der Waals surface area (Å²) in [6.45, 7) is 5.27. The van der Waals surface area contributed by atoms with Gasteiger partial charge in [-0.25, -0.2) is 8.42 Å². The van der Waals surface area contributed by atoms with Gasteiger partial charge in [0.15, 0.2) is 0 Å². The minimum atomic E-state index is -3.95. The van der Waals surface area contributed by atoms with Crippen LogP contribution in [0, 0.1) is 13.8 Å². The van der Waals surface area contributed by atoms with E-state index in [2.05, 4.69) is 5.32 Å². The molecule has 0 saturated heterocycles. The third-order valence-electron chi connectivity index (χ3n) is 5.22. The summed E-state index contributed by atoms with van der Waals surface area (Å²) in [4.78, 5) is 13.1. The van der Waals surface area contributed by atoms with E-state index in [1.54, 1.807) is 31.4 Å². The van der Waals surface area contributed by atoms with Gasteiger partial charge in [-0.3, -0.25) is 9.10 Å². The maximum Gasteiger partial charge on any atom is 0.264 e. The highest BCUT2D eigenvalue weighted by Gasteiger charge is 2.28. The van der Waals surface area contributed by atoms with E-state index in [0.717, 1.165) is 16.7 Å². The van der Waals surface area contributed by atoms with Crippen molar-refractivity contribution in [1.82, 2.24) is 5.32 Å². The van der Waals surface area contributed by atoms with Crippen LogP contribution in [0.4, 0.5) is 5.69 Å². The number of ether oxygens (including phenoxy) is 1. The number of rotatable bonds is 8. The first-order valence-corrected chi connectivity index (χ1v) is 11.8. The fourth-order valence-corrected chi connectivity index (χ4v) is 5.13. The molecule has 0 aliphatic carbocycles. The van der Waals surface area contributed by atoms with Crippen molar-refractivity contribution in [2.45, 2.75) is 31.7 Å². The van der Waals surface area contributed by atoms with Gasteiger partial charge in [-0.15, -0.1) is 0 Å². The number of hydrogen-bond donors (Lipinski definition) is 1. The van der Waals surface area contributed by atoms with E-state index in [1.807, 2.05) is 57.2 Å². The Hall–Kier alpha value is -3.32. The van der Waals surface area contributed by atoms with E-state index in [0.29, 0.717) is 11.4 Å². The molecule has 0 fully saturated rings. The van der Waals surface area contributed by atoms with Gasteiger partial charge in [-0.1, -0.05) is 54.1 Å². The molecule has 0 heterocycles. The normalized spacial score (nSPS) is 12.1. The highest BCUT2D eigenvalue weighted by molar-refractivity contribution is 7.92. The summed E-state index contributed by atoms with van der Waals surface area (Å²) in [6.07, 6.45) is 0. The number of methoxy groups -OCH3 is 1. The summed E-state index contributed by atoms with van der Waals surface area (Å²) in [6, 6.07) is 20.7. The number of nitrogens with one attached hydrogen (secondary N) is 1. The Morgan fingerprint density at radius 3 is 2.31 bits per heavy atom. The largest absolute Gasteiger partial charge is 0.496 e. The van der Waals surface area contributed by atoms with Crippen molar-refractivity contribution in [1.29, 1.82) is 0 Å². The van der Waals surface area contributed by atoms with Gasteiger partial charge in [-0.05, 0) is 50.6 Å². The van der Waals surface area contributed by atoms with Gasteiger partial charge >= 0.3 is 0 Å². The van der Waals surface area contributed by atoms with Crippen molar-refractivity contribution in [2.24, 2.45) is 0 Å². The molecule has 3 rings (SSSR count). The Kier molecular flexibility index (Phi) is 7.20. The SMILES string of the molecule is COc1ccccc1C(C)NC(=O)CN(c1ccc(C)cc1C)S(=O)(=O)c1ccccc1. The zero-order valence-electron chi connectivity index (χ0n) is 18.7. The fraction of sp³-hybridized carbons (Fsp3) is 0.240. The highest BCUT2D eigenvalue weighted by atomic mass is 32.2. The Morgan fingerprint density at radius 1 is 1.00 bits per heavy atom. The molecule has 0 radical (unpaired) electrons. The van der Waals surface area contributed by atoms with Crippen molar-refractivity contribution in [3.05, 3.63) is 89.5 Å². The lowest BCUT2D eigenvalue weighted by Crippen LogP contribution is -2.42. The average Bonchev–Trinajstić information content (AvgIpc) is 2.78. The molecule has 32 heavy (non-hydrogen) atoms. The molecule has 0 saturated carbocycles. The number of para-hydroxylation sites is 1. The van der Waals surface area contributed by atoms with Crippen molar-refractivity contribution in [2.75, 3.05) is 18.0 Å². The number of nitrogens with zero attached hydrogens (tertiary/aromatic N) is 1. The molecule has 1 unspecified atom stereocenters. The Balaban J connectivity index is 1.93. The molecule has 0 spiro atoms. The monoisotopic (exact) mass is 452 g/mol. The van der Waals surface area contributed by atoms with Gasteiger partial charge in [0.25, 0.3) is 10.0 Å². The molecule has 0 aromatic heterocycles. The maximum atomic E-state index is 13.5. The number of carbonyl (C=O) groups excluding carboxylic acids is 1. The van der Waals surface area contributed by atoms with Crippen LogP contribution in [0.5, 0.6) is 5.75 Å². The van der Waals surface area contributed by atoms with Gasteiger partial charge in [-0.2, -0.15) is 0 Å². The quantitative estimate of drug-likeness (QED) is 0.550. The van der Waals surface area contributed by atoms with Crippen LogP contribution in [0.15, 0.2) is 77.7 Å². The van der Waals surface area contributed by atoms with Crippen molar-refractivity contribution in [3.8, 4) is 5.75 Å². The third kappa shape index (κ3) is 5.11. The summed E-state index contributed by atoms with van der Waals surface area (Å²) in [5.74, 6) is 0.242. The van der Waals surface area contributed by atoms with E-state index in [-0.39, 0.29) is 17.5 Å². The number of sulfonamides is 1. The van der Waals surface area contributed by atoms with E-state index >= 15 is 0 Å². The number of benzene rings is 3. The first kappa shape index (κ1) is 23.3. The van der Waals surface area contributed by atoms with Gasteiger partial charge in [0, 0.05) is 5.56 Å². The number of carbonyl (C=O) groups is 1. The topological polar surface area (TPSA) is 75.7 Å². The third-order valence-corrected chi connectivity index (χ3v) is 7.00. The minimum absolute atomic E-state index is 0.130. The lowest BCUT2D eigenvalue weighted by atomic mass is 10.1. The van der Waals surface area contributed by atoms with E-state index < -0.39 is 15.9 Å². The fourth-order valence-electron chi connectivity index (χ4n) is 3.62. The first-order valence-electron chi connectivity index (χ1n) is 10.3. The standard InChI is InChI=1S/C25H28N2O4S/c1-18-14-15-23(19(2)16-18)27(32(29,30)21-10-6-5-7-11-21)17-25(28)26-20(3)22-12-8-9-13-24(22)31-4/h5-16,20H,17H2,1-4H3,(H,26,28). The molecular formula is C25H28N2O4S. The predicted octanol–water partition coefficient (Wildman–Crippen LogP) is 4.38. The predicted molar refractivity (Wildman–Crippen MR) is 126 cm³/mol. The Bertz CT molecular complexity index is 1190. The molecule has 1 amide bonds. The minimum Gasteiger partial charge on any atom is -0.496 e. The molecule has 1 N–H and O–H groups in total. The van der Waals surface area contributed by atoms with Gasteiger partial charge < -0.3 is 10.1 Å². The summed E-state index contributed by atoms with van der Waals surface area (Å²) in [7, 11) is -2.38. The van der Waals surface area contributed by atoms with Crippen LogP contribution in [-0.4, -0.2) is 28.0 Å². The highest BCUT2D eigenvalue weighted by Crippen LogP contribution is 2.28. The van der Waals surface area contributed by atoms with E-state index in [4.69, 9.17) is 4.74 Å². The van der Waals surface area contributed by atoms with Gasteiger partial charge in [0.1, 0.15) is 12.3 Å². The van der Waals surface area contributed by atoms with Crippen LogP contribution in [-0.2, 0) is 14.8 Å². The summed E-state index contributed by atoms with van der Waals surface area (Å²) < 4.78 is 33.5. The van der Waals surface area contributed by atoms with Crippen LogP contribution in [0.3, 0.4) is 0 Å². The number of hydrogen-bond acceptors (Lipinski definition) is 4. The second-order valence-electron chi connectivity index (χ2n) is 7.65.